The average Bonchev–Trinajstić information content (AvgIpc) is 3.38. The van der Waals surface area contributed by atoms with Crippen molar-refractivity contribution >= 4 is 35.0 Å². The van der Waals surface area contributed by atoms with Crippen molar-refractivity contribution in [3.63, 3.8) is 0 Å². The SMILES string of the molecule is CN(C)[C@@H]1CCN(C(=O)Oc2ccc(F)cc2C=C2SC(N3CCCCN3)=NC2=O)C1. The zero-order valence-corrected chi connectivity index (χ0v) is 18.5. The molecule has 0 unspecified atom stereocenters. The number of amides is 2. The molecule has 166 valence electrons. The van der Waals surface area contributed by atoms with Crippen molar-refractivity contribution in [3.05, 3.63) is 34.5 Å². The van der Waals surface area contributed by atoms with Crippen molar-refractivity contribution in [1.29, 1.82) is 0 Å². The molecule has 31 heavy (non-hydrogen) atoms. The number of benzene rings is 1. The summed E-state index contributed by atoms with van der Waals surface area (Å²) in [7, 11) is 3.96. The van der Waals surface area contributed by atoms with Gasteiger partial charge >= 0.3 is 6.09 Å². The molecule has 1 atom stereocenters. The highest BCUT2D eigenvalue weighted by Gasteiger charge is 2.30. The maximum atomic E-state index is 13.9. The number of carbonyl (C=O) groups excluding carboxylic acids is 2. The Balaban J connectivity index is 1.49. The summed E-state index contributed by atoms with van der Waals surface area (Å²) < 4.78 is 19.5. The van der Waals surface area contributed by atoms with Crippen molar-refractivity contribution in [2.45, 2.75) is 25.3 Å². The third kappa shape index (κ3) is 5.08. The number of likely N-dealkylation sites (tertiary alicyclic amines) is 1. The zero-order chi connectivity index (χ0) is 22.0. The van der Waals surface area contributed by atoms with E-state index in [2.05, 4.69) is 15.3 Å². The number of aliphatic imine (C=N–C) groups is 1. The van der Waals surface area contributed by atoms with Crippen LogP contribution in [0.4, 0.5) is 9.18 Å². The highest BCUT2D eigenvalue weighted by molar-refractivity contribution is 8.18. The summed E-state index contributed by atoms with van der Waals surface area (Å²) in [6, 6.07) is 4.19. The Labute approximate surface area is 185 Å². The molecule has 4 rings (SSSR count). The van der Waals surface area contributed by atoms with E-state index < -0.39 is 11.9 Å². The van der Waals surface area contributed by atoms with Gasteiger partial charge in [-0.25, -0.2) is 14.6 Å². The van der Waals surface area contributed by atoms with E-state index in [4.69, 9.17) is 4.74 Å². The number of hydrogen-bond acceptors (Lipinski definition) is 7. The number of rotatable bonds is 3. The van der Waals surface area contributed by atoms with Crippen LogP contribution in [0.1, 0.15) is 24.8 Å². The molecule has 10 heteroatoms. The summed E-state index contributed by atoms with van der Waals surface area (Å²) in [4.78, 5) is 33.3. The van der Waals surface area contributed by atoms with Gasteiger partial charge in [-0.15, -0.1) is 0 Å². The Morgan fingerprint density at radius 2 is 2.19 bits per heavy atom. The lowest BCUT2D eigenvalue weighted by atomic mass is 10.2. The summed E-state index contributed by atoms with van der Waals surface area (Å²) in [5.74, 6) is -0.651. The molecule has 3 heterocycles. The van der Waals surface area contributed by atoms with Crippen molar-refractivity contribution < 1.29 is 18.7 Å². The molecular formula is C21H26FN5O3S. The van der Waals surface area contributed by atoms with Crippen molar-refractivity contribution in [2.75, 3.05) is 40.3 Å². The molecule has 8 nitrogen and oxygen atoms in total. The van der Waals surface area contributed by atoms with Crippen molar-refractivity contribution in [2.24, 2.45) is 4.99 Å². The van der Waals surface area contributed by atoms with Crippen molar-refractivity contribution in [1.82, 2.24) is 20.2 Å². The number of nitrogens with one attached hydrogen (secondary N) is 1. The zero-order valence-electron chi connectivity index (χ0n) is 17.6. The normalized spacial score (nSPS) is 23.1. The standard InChI is InChI=1S/C21H26FN5O3S/c1-25(2)16-7-10-26(13-16)21(29)30-17-6-5-15(22)11-14(17)12-18-19(28)24-20(31-18)27-9-4-3-8-23-27/h5-6,11-12,16,23H,3-4,7-10,13H2,1-2H3/t16-/m1/s1. The second-order valence-corrected chi connectivity index (χ2v) is 8.99. The monoisotopic (exact) mass is 447 g/mol. The number of hydrogen-bond donors (Lipinski definition) is 1. The minimum absolute atomic E-state index is 0.213. The molecule has 1 N–H and O–H groups in total. The van der Waals surface area contributed by atoms with Crippen LogP contribution in [-0.2, 0) is 4.79 Å². The second kappa shape index (κ2) is 9.37. The predicted octanol–water partition coefficient (Wildman–Crippen LogP) is 2.53. The van der Waals surface area contributed by atoms with Gasteiger partial charge in [-0.2, -0.15) is 4.99 Å². The Morgan fingerprint density at radius 3 is 2.90 bits per heavy atom. The van der Waals surface area contributed by atoms with Gasteiger partial charge in [0.15, 0.2) is 5.17 Å². The molecule has 1 aromatic carbocycles. The molecule has 3 aliphatic rings. The number of ether oxygens (including phenoxy) is 1. The van der Waals surface area contributed by atoms with Gasteiger partial charge in [0.1, 0.15) is 11.6 Å². The van der Waals surface area contributed by atoms with Crippen LogP contribution >= 0.6 is 11.8 Å². The Hall–Kier alpha value is -2.43. The van der Waals surface area contributed by atoms with E-state index in [0.717, 1.165) is 32.4 Å². The van der Waals surface area contributed by atoms with Gasteiger partial charge in [0.05, 0.1) is 4.91 Å². The maximum Gasteiger partial charge on any atom is 0.415 e. The first-order valence-corrected chi connectivity index (χ1v) is 11.2. The third-order valence-electron chi connectivity index (χ3n) is 5.56. The number of thioether (sulfide) groups is 1. The molecular weight excluding hydrogens is 421 g/mol. The lowest BCUT2D eigenvalue weighted by Gasteiger charge is -2.28. The highest BCUT2D eigenvalue weighted by Crippen LogP contribution is 2.33. The summed E-state index contributed by atoms with van der Waals surface area (Å²) in [5, 5.41) is 2.45. The van der Waals surface area contributed by atoms with E-state index in [1.54, 1.807) is 4.90 Å². The quantitative estimate of drug-likeness (QED) is 0.714. The van der Waals surface area contributed by atoms with E-state index in [1.807, 2.05) is 19.1 Å². The lowest BCUT2D eigenvalue weighted by Crippen LogP contribution is -2.45. The van der Waals surface area contributed by atoms with Gasteiger partial charge in [-0.1, -0.05) is 0 Å². The number of amidine groups is 1. The Morgan fingerprint density at radius 1 is 1.35 bits per heavy atom. The Bertz CT molecular complexity index is 930. The molecule has 0 radical (unpaired) electrons. The highest BCUT2D eigenvalue weighted by atomic mass is 32.2. The summed E-state index contributed by atoms with van der Waals surface area (Å²) >= 11 is 1.23. The van der Waals surface area contributed by atoms with E-state index >= 15 is 0 Å². The molecule has 2 saturated heterocycles. The first-order valence-electron chi connectivity index (χ1n) is 10.4. The fraction of sp³-hybridized carbons (Fsp3) is 0.476. The third-order valence-corrected chi connectivity index (χ3v) is 6.57. The number of halogens is 1. The molecule has 0 saturated carbocycles. The fourth-order valence-corrected chi connectivity index (χ4v) is 4.63. The van der Waals surface area contributed by atoms with Crippen LogP contribution in [0.15, 0.2) is 28.1 Å². The molecule has 3 aliphatic heterocycles. The Kier molecular flexibility index (Phi) is 6.59. The summed E-state index contributed by atoms with van der Waals surface area (Å²) in [6.45, 7) is 2.80. The van der Waals surface area contributed by atoms with Crippen LogP contribution in [0.2, 0.25) is 0 Å². The van der Waals surface area contributed by atoms with Crippen LogP contribution in [0, 0.1) is 5.82 Å². The average molecular weight is 448 g/mol. The molecule has 0 spiro atoms. The van der Waals surface area contributed by atoms with E-state index in [-0.39, 0.29) is 17.7 Å². The smallest absolute Gasteiger partial charge is 0.410 e. The number of likely N-dealkylation sites (N-methyl/N-ethyl adjacent to an activating group) is 1. The molecule has 2 fully saturated rings. The molecule has 0 aliphatic carbocycles. The van der Waals surface area contributed by atoms with Crippen LogP contribution in [0.5, 0.6) is 5.75 Å². The van der Waals surface area contributed by atoms with Gasteiger partial charge < -0.3 is 14.5 Å². The van der Waals surface area contributed by atoms with Crippen LogP contribution < -0.4 is 10.2 Å². The molecule has 0 bridgehead atoms. The van der Waals surface area contributed by atoms with Crippen molar-refractivity contribution in [3.8, 4) is 5.75 Å². The first-order chi connectivity index (χ1) is 14.9. The van der Waals surface area contributed by atoms with Crippen LogP contribution in [0.3, 0.4) is 0 Å². The van der Waals surface area contributed by atoms with E-state index in [1.165, 1.54) is 36.0 Å². The topological polar surface area (TPSA) is 77.5 Å². The second-order valence-electron chi connectivity index (χ2n) is 7.98. The largest absolute Gasteiger partial charge is 0.415 e. The summed E-state index contributed by atoms with van der Waals surface area (Å²) in [6.07, 6.45) is 4.03. The number of hydrazine groups is 1. The molecule has 0 aromatic heterocycles. The van der Waals surface area contributed by atoms with Gasteiger partial charge in [-0.3, -0.25) is 9.80 Å². The molecule has 1 aromatic rings. The summed E-state index contributed by atoms with van der Waals surface area (Å²) in [5.41, 5.74) is 3.55. The van der Waals surface area contributed by atoms with Gasteiger partial charge in [0.2, 0.25) is 0 Å². The van der Waals surface area contributed by atoms with Gasteiger partial charge in [-0.05, 0) is 69.4 Å². The van der Waals surface area contributed by atoms with Crippen LogP contribution in [-0.4, -0.2) is 78.3 Å². The van der Waals surface area contributed by atoms with Gasteiger partial charge in [0, 0.05) is 37.8 Å². The maximum absolute atomic E-state index is 13.9. The van der Waals surface area contributed by atoms with Crippen LogP contribution in [0.25, 0.3) is 6.08 Å². The number of nitrogens with zero attached hydrogens (tertiary/aromatic N) is 4. The fourth-order valence-electron chi connectivity index (χ4n) is 3.72. The predicted molar refractivity (Wildman–Crippen MR) is 118 cm³/mol. The first kappa shape index (κ1) is 21.8. The number of carbonyl (C=O) groups is 2. The van der Waals surface area contributed by atoms with E-state index in [0.29, 0.717) is 28.7 Å². The minimum atomic E-state index is -0.477. The van der Waals surface area contributed by atoms with E-state index in [9.17, 15) is 14.0 Å². The van der Waals surface area contributed by atoms with Gasteiger partial charge in [0.25, 0.3) is 5.91 Å². The lowest BCUT2D eigenvalue weighted by molar-refractivity contribution is -0.113. The minimum Gasteiger partial charge on any atom is -0.410 e. The molecule has 2 amide bonds.